The number of nitrogens with zero attached hydrogens (tertiary/aromatic N) is 2. The summed E-state index contributed by atoms with van der Waals surface area (Å²) in [6.45, 7) is 1.77. The minimum atomic E-state index is -0.649. The number of hydrogen-bond acceptors (Lipinski definition) is 6. The molecule has 0 amide bonds. The zero-order valence-electron chi connectivity index (χ0n) is 18.9. The van der Waals surface area contributed by atoms with E-state index < -0.39 is 12.0 Å². The Morgan fingerprint density at radius 2 is 1.76 bits per heavy atom. The van der Waals surface area contributed by atoms with E-state index in [1.807, 2.05) is 72.8 Å². The van der Waals surface area contributed by atoms with Crippen LogP contribution >= 0.6 is 11.3 Å². The van der Waals surface area contributed by atoms with Crippen molar-refractivity contribution in [2.75, 3.05) is 14.2 Å². The summed E-state index contributed by atoms with van der Waals surface area (Å²) in [6, 6.07) is 20.8. The molecule has 0 saturated carbocycles. The first-order valence-electron chi connectivity index (χ1n) is 10.7. The van der Waals surface area contributed by atoms with Crippen LogP contribution in [-0.2, 0) is 9.53 Å². The highest BCUT2D eigenvalue weighted by atomic mass is 32.1. The van der Waals surface area contributed by atoms with Crippen molar-refractivity contribution in [3.63, 3.8) is 0 Å². The molecule has 1 aromatic heterocycles. The van der Waals surface area contributed by atoms with Crippen LogP contribution in [0.1, 0.15) is 24.1 Å². The first-order valence-corrected chi connectivity index (χ1v) is 11.6. The highest BCUT2D eigenvalue weighted by Gasteiger charge is 2.33. The minimum Gasteiger partial charge on any atom is -0.497 e. The first-order chi connectivity index (χ1) is 16.5. The van der Waals surface area contributed by atoms with Crippen molar-refractivity contribution in [1.82, 2.24) is 4.57 Å². The van der Waals surface area contributed by atoms with Gasteiger partial charge in [-0.2, -0.15) is 0 Å². The fourth-order valence-electron chi connectivity index (χ4n) is 4.31. The zero-order chi connectivity index (χ0) is 23.8. The molecule has 170 valence electrons. The molecule has 6 nitrogen and oxygen atoms in total. The molecular formula is C27H22N2O4S. The predicted octanol–water partition coefficient (Wildman–Crippen LogP) is 3.57. The zero-order valence-corrected chi connectivity index (χ0v) is 19.8. The van der Waals surface area contributed by atoms with Crippen LogP contribution in [0.25, 0.3) is 16.8 Å². The molecule has 0 saturated heterocycles. The summed E-state index contributed by atoms with van der Waals surface area (Å²) in [4.78, 5) is 31.6. The predicted molar refractivity (Wildman–Crippen MR) is 133 cm³/mol. The Kier molecular flexibility index (Phi) is 5.63. The van der Waals surface area contributed by atoms with Crippen molar-refractivity contribution in [3.8, 4) is 5.75 Å². The summed E-state index contributed by atoms with van der Waals surface area (Å²) in [5.74, 6) is 0.179. The van der Waals surface area contributed by atoms with Gasteiger partial charge in [0.05, 0.1) is 36.1 Å². The van der Waals surface area contributed by atoms with Crippen LogP contribution in [0.15, 0.2) is 87.8 Å². The van der Waals surface area contributed by atoms with Gasteiger partial charge >= 0.3 is 5.97 Å². The van der Waals surface area contributed by atoms with E-state index in [9.17, 15) is 9.59 Å². The van der Waals surface area contributed by atoms with E-state index in [-0.39, 0.29) is 5.56 Å². The van der Waals surface area contributed by atoms with E-state index in [4.69, 9.17) is 9.47 Å². The molecule has 0 bridgehead atoms. The van der Waals surface area contributed by atoms with Gasteiger partial charge in [0, 0.05) is 0 Å². The molecule has 0 radical (unpaired) electrons. The molecule has 1 aliphatic rings. The number of ether oxygens (including phenoxy) is 2. The average molecular weight is 471 g/mol. The lowest BCUT2D eigenvalue weighted by Crippen LogP contribution is -2.39. The van der Waals surface area contributed by atoms with E-state index in [2.05, 4.69) is 4.99 Å². The van der Waals surface area contributed by atoms with Gasteiger partial charge in [-0.05, 0) is 47.0 Å². The Labute approximate surface area is 199 Å². The largest absolute Gasteiger partial charge is 0.497 e. The molecule has 5 rings (SSSR count). The van der Waals surface area contributed by atoms with Gasteiger partial charge < -0.3 is 9.47 Å². The fraction of sp³-hybridized carbons (Fsp3) is 0.148. The molecule has 0 N–H and O–H groups in total. The number of benzene rings is 3. The maximum atomic E-state index is 13.7. The summed E-state index contributed by atoms with van der Waals surface area (Å²) >= 11 is 1.31. The van der Waals surface area contributed by atoms with Crippen LogP contribution in [0.2, 0.25) is 0 Å². The number of rotatable bonds is 4. The van der Waals surface area contributed by atoms with Crippen LogP contribution < -0.4 is 19.6 Å². The van der Waals surface area contributed by atoms with E-state index >= 15 is 0 Å². The number of aromatic nitrogens is 1. The number of carbonyl (C=O) groups is 1. The molecule has 0 spiro atoms. The SMILES string of the molecule is COC(=O)C1=C(C)N=c2s/c(=C\c3cccc4ccccc34)c(=O)n2C1c1ccc(OC)cc1. The lowest BCUT2D eigenvalue weighted by molar-refractivity contribution is -0.136. The molecule has 3 aromatic carbocycles. The van der Waals surface area contributed by atoms with Gasteiger partial charge in [-0.1, -0.05) is 65.9 Å². The van der Waals surface area contributed by atoms with Gasteiger partial charge in [0.15, 0.2) is 4.80 Å². The van der Waals surface area contributed by atoms with Crippen molar-refractivity contribution < 1.29 is 14.3 Å². The van der Waals surface area contributed by atoms with E-state index in [0.717, 1.165) is 21.9 Å². The number of fused-ring (bicyclic) bond motifs is 2. The number of hydrogen-bond donors (Lipinski definition) is 0. The van der Waals surface area contributed by atoms with Gasteiger partial charge in [0.25, 0.3) is 5.56 Å². The van der Waals surface area contributed by atoms with Crippen molar-refractivity contribution in [1.29, 1.82) is 0 Å². The lowest BCUT2D eigenvalue weighted by atomic mass is 9.96. The van der Waals surface area contributed by atoms with Gasteiger partial charge in [0.1, 0.15) is 5.75 Å². The lowest BCUT2D eigenvalue weighted by Gasteiger charge is -2.24. The van der Waals surface area contributed by atoms with Crippen molar-refractivity contribution in [2.45, 2.75) is 13.0 Å². The Balaban J connectivity index is 1.75. The van der Waals surface area contributed by atoms with Crippen molar-refractivity contribution in [2.24, 2.45) is 4.99 Å². The number of methoxy groups -OCH3 is 2. The summed E-state index contributed by atoms with van der Waals surface area (Å²) in [6.07, 6.45) is 1.90. The maximum absolute atomic E-state index is 13.7. The molecule has 4 aromatic rings. The normalized spacial score (nSPS) is 15.7. The number of carbonyl (C=O) groups excluding carboxylic acids is 1. The molecule has 1 unspecified atom stereocenters. The highest BCUT2D eigenvalue weighted by Crippen LogP contribution is 2.31. The average Bonchev–Trinajstić information content (AvgIpc) is 3.17. The standard InChI is InChI=1S/C27H22N2O4S/c1-16-23(26(31)33-3)24(18-11-13-20(32-2)14-12-18)29-25(30)22(34-27(29)28-16)15-19-9-6-8-17-7-4-5-10-21(17)19/h4-15,24H,1-3H3/b22-15-. The first kappa shape index (κ1) is 21.9. The van der Waals surface area contributed by atoms with Gasteiger partial charge in [0.2, 0.25) is 0 Å². The third-order valence-corrected chi connectivity index (χ3v) is 6.95. The number of esters is 1. The molecular weight excluding hydrogens is 448 g/mol. The van der Waals surface area contributed by atoms with Crippen molar-refractivity contribution in [3.05, 3.63) is 109 Å². The topological polar surface area (TPSA) is 69.9 Å². The maximum Gasteiger partial charge on any atom is 0.338 e. The summed E-state index contributed by atoms with van der Waals surface area (Å²) in [5, 5.41) is 2.16. The Bertz CT molecular complexity index is 1620. The molecule has 1 aliphatic heterocycles. The van der Waals surface area contributed by atoms with Gasteiger partial charge in [-0.15, -0.1) is 0 Å². The van der Waals surface area contributed by atoms with Gasteiger partial charge in [-0.25, -0.2) is 9.79 Å². The third-order valence-electron chi connectivity index (χ3n) is 5.97. The van der Waals surface area contributed by atoms with E-state index in [1.54, 1.807) is 18.6 Å². The molecule has 34 heavy (non-hydrogen) atoms. The summed E-state index contributed by atoms with van der Waals surface area (Å²) in [7, 11) is 2.93. The fourth-order valence-corrected chi connectivity index (χ4v) is 5.35. The van der Waals surface area contributed by atoms with Crippen LogP contribution in [-0.4, -0.2) is 24.8 Å². The second-order valence-corrected chi connectivity index (χ2v) is 8.92. The molecule has 1 atom stereocenters. The second kappa shape index (κ2) is 8.76. The van der Waals surface area contributed by atoms with Crippen LogP contribution in [0.5, 0.6) is 5.75 Å². The minimum absolute atomic E-state index is 0.202. The Hall–Kier alpha value is -3.97. The second-order valence-electron chi connectivity index (χ2n) is 7.91. The van der Waals surface area contributed by atoms with E-state index in [1.165, 1.54) is 18.4 Å². The monoisotopic (exact) mass is 470 g/mol. The Morgan fingerprint density at radius 1 is 1.03 bits per heavy atom. The van der Waals surface area contributed by atoms with Crippen LogP contribution in [0.3, 0.4) is 0 Å². The molecule has 2 heterocycles. The molecule has 0 fully saturated rings. The van der Waals surface area contributed by atoms with Crippen LogP contribution in [0.4, 0.5) is 0 Å². The van der Waals surface area contributed by atoms with Crippen molar-refractivity contribution >= 4 is 34.2 Å². The quantitative estimate of drug-likeness (QED) is 0.428. The number of allylic oxidation sites excluding steroid dienone is 1. The molecule has 7 heteroatoms. The smallest absolute Gasteiger partial charge is 0.338 e. The highest BCUT2D eigenvalue weighted by molar-refractivity contribution is 7.07. The Morgan fingerprint density at radius 3 is 2.50 bits per heavy atom. The number of thiazole rings is 1. The molecule has 0 aliphatic carbocycles. The van der Waals surface area contributed by atoms with E-state index in [0.29, 0.717) is 26.4 Å². The summed E-state index contributed by atoms with van der Waals surface area (Å²) < 4.78 is 12.5. The van der Waals surface area contributed by atoms with Gasteiger partial charge in [-0.3, -0.25) is 9.36 Å². The third kappa shape index (κ3) is 3.64. The summed E-state index contributed by atoms with van der Waals surface area (Å²) in [5.41, 5.74) is 2.40. The van der Waals surface area contributed by atoms with Crippen LogP contribution in [0, 0.1) is 0 Å².